The van der Waals surface area contributed by atoms with E-state index in [2.05, 4.69) is 291 Å². The second-order valence-corrected chi connectivity index (χ2v) is 33.9. The highest BCUT2D eigenvalue weighted by Crippen LogP contribution is 2.68. The molecule has 0 amide bonds. The van der Waals surface area contributed by atoms with E-state index in [1.807, 2.05) is 0 Å². The average molecular weight is 1170 g/mol. The lowest BCUT2D eigenvalue weighted by Crippen LogP contribution is -2.47. The van der Waals surface area contributed by atoms with Gasteiger partial charge in [-0.2, -0.15) is 0 Å². The van der Waals surface area contributed by atoms with Gasteiger partial charge in [0, 0.05) is 10.8 Å². The second kappa shape index (κ2) is 24.6. The van der Waals surface area contributed by atoms with Gasteiger partial charge in [-0.15, -0.1) is 0 Å². The van der Waals surface area contributed by atoms with E-state index >= 15 is 0 Å². The van der Waals surface area contributed by atoms with Gasteiger partial charge in [0.15, 0.2) is 0 Å². The Balaban J connectivity index is 0.770. The monoisotopic (exact) mass is 1170 g/mol. The van der Waals surface area contributed by atoms with Gasteiger partial charge in [-0.3, -0.25) is 0 Å². The highest BCUT2D eigenvalue weighted by Gasteiger charge is 2.63. The fourth-order valence-corrected chi connectivity index (χ4v) is 20.2. The minimum atomic E-state index is -0.116. The van der Waals surface area contributed by atoms with Crippen LogP contribution in [0, 0.1) is 105 Å². The predicted octanol–water partition coefficient (Wildman–Crippen LogP) is 23.8. The Bertz CT molecular complexity index is 2960. The summed E-state index contributed by atoms with van der Waals surface area (Å²) in [4.78, 5) is 0. The smallest absolute Gasteiger partial charge is 0.0270 e. The summed E-state index contributed by atoms with van der Waals surface area (Å²) in [7, 11) is 0. The Hall–Kier alpha value is -5.46. The maximum absolute atomic E-state index is 2.80. The zero-order valence-electron chi connectivity index (χ0n) is 57.0. The van der Waals surface area contributed by atoms with E-state index in [1.54, 1.807) is 33.4 Å². The van der Waals surface area contributed by atoms with E-state index in [1.165, 1.54) is 99.3 Å². The number of benzene rings is 4. The van der Waals surface area contributed by atoms with Crippen LogP contribution < -0.4 is 0 Å². The van der Waals surface area contributed by atoms with Crippen LogP contribution in [0.5, 0.6) is 0 Å². The summed E-state index contributed by atoms with van der Waals surface area (Å²) in [6, 6.07) is 48.1. The zero-order chi connectivity index (χ0) is 62.0. The van der Waals surface area contributed by atoms with E-state index in [-0.39, 0.29) is 32.5 Å². The fourth-order valence-electron chi connectivity index (χ4n) is 20.2. The van der Waals surface area contributed by atoms with Crippen molar-refractivity contribution in [3.8, 4) is 0 Å². The van der Waals surface area contributed by atoms with Crippen molar-refractivity contribution in [3.63, 3.8) is 0 Å². The molecule has 0 aromatic heterocycles. The second-order valence-electron chi connectivity index (χ2n) is 33.9. The van der Waals surface area contributed by atoms with Crippen molar-refractivity contribution < 1.29 is 0 Å². The SMILES string of the molecule is C/C(CCCC1CCC(C(c2ccccc2)(c2ccccc2)C2C3C=C(C(C)(C)C)C=CC3C3C=CC(C(C)(C)C)=CC32)C1)=C(/C)CCCC1CCC(C(c2ccccc2)(c2ccccc2)C2C3C=C(C(C)(C)C)C=CC3C3C=CC(C(C)(C)C)=CC32)C1. The van der Waals surface area contributed by atoms with Crippen molar-refractivity contribution >= 4 is 0 Å². The lowest BCUT2D eigenvalue weighted by atomic mass is 9.52. The van der Waals surface area contributed by atoms with Crippen molar-refractivity contribution in [2.75, 3.05) is 0 Å². The minimum absolute atomic E-state index is 0.0984. The summed E-state index contributed by atoms with van der Waals surface area (Å²) < 4.78 is 0. The van der Waals surface area contributed by atoms with Gasteiger partial charge >= 0.3 is 0 Å². The van der Waals surface area contributed by atoms with Gasteiger partial charge in [-0.05, 0) is 214 Å². The van der Waals surface area contributed by atoms with Crippen LogP contribution in [0.25, 0.3) is 0 Å². The number of rotatable bonds is 16. The molecule has 8 aliphatic carbocycles. The Labute approximate surface area is 536 Å². The average Bonchev–Trinajstić information content (AvgIpc) is 1.51. The molecule has 0 radical (unpaired) electrons. The molecule has 4 fully saturated rings. The first-order chi connectivity index (χ1) is 42.0. The van der Waals surface area contributed by atoms with Crippen molar-refractivity contribution in [1.82, 2.24) is 0 Å². The van der Waals surface area contributed by atoms with Crippen molar-refractivity contribution in [1.29, 1.82) is 0 Å². The molecule has 0 aliphatic heterocycles. The standard InChI is InChI=1S/C88H112/c1-59(29-27-31-61-41-43-71(53-61)87(63-33-19-15-20-34-63,64-35-21-16-22-36-64)81-77-55-67(83(3,4)5)45-49-73(77)74-50-46-68(56-78(74)81)84(6,7)8)60(2)30-28-32-62-42-44-72(54-62)88(65-37-23-17-24-38-65,66-39-25-18-26-40-66)82-79-57-69(85(9,10)11)47-51-75(79)76-52-48-70(58-80(76)82)86(12,13)14/h15-26,33-40,45-52,55-58,61-62,71-82H,27-32,41-44,53-54H2,1-14H3/b60-59+. The highest BCUT2D eigenvalue weighted by molar-refractivity contribution is 5.51. The molecule has 12 rings (SSSR count). The van der Waals surface area contributed by atoms with Gasteiger partial charge in [-0.1, -0.05) is 314 Å². The number of fused-ring (bicyclic) bond motifs is 6. The molecule has 0 nitrogen and oxygen atoms in total. The third-order valence-electron chi connectivity index (χ3n) is 24.8. The molecule has 8 aliphatic rings. The van der Waals surface area contributed by atoms with Crippen LogP contribution >= 0.6 is 0 Å². The van der Waals surface area contributed by atoms with Crippen LogP contribution in [0.2, 0.25) is 0 Å². The molecule has 0 bridgehead atoms. The molecule has 0 N–H and O–H groups in total. The number of hydrogen-bond acceptors (Lipinski definition) is 0. The van der Waals surface area contributed by atoms with Gasteiger partial charge < -0.3 is 0 Å². The summed E-state index contributed by atoms with van der Waals surface area (Å²) in [5, 5.41) is 0. The molecule has 464 valence electrons. The molecular weight excluding hydrogens is 1060 g/mol. The first-order valence-corrected chi connectivity index (χ1v) is 35.5. The Morgan fingerprint density at radius 2 is 0.580 bits per heavy atom. The maximum atomic E-state index is 2.80. The van der Waals surface area contributed by atoms with Crippen molar-refractivity contribution in [2.45, 2.75) is 185 Å². The van der Waals surface area contributed by atoms with E-state index < -0.39 is 0 Å². The van der Waals surface area contributed by atoms with Gasteiger partial charge in [0.25, 0.3) is 0 Å². The van der Waals surface area contributed by atoms with E-state index in [4.69, 9.17) is 0 Å². The van der Waals surface area contributed by atoms with Gasteiger partial charge in [0.1, 0.15) is 0 Å². The Morgan fingerprint density at radius 3 is 0.818 bits per heavy atom. The minimum Gasteiger partial charge on any atom is -0.0799 e. The molecule has 12 unspecified atom stereocenters. The van der Waals surface area contributed by atoms with E-state index in [9.17, 15) is 0 Å². The van der Waals surface area contributed by atoms with Crippen LogP contribution in [0.1, 0.15) is 196 Å². The highest BCUT2D eigenvalue weighted by atomic mass is 14.7. The van der Waals surface area contributed by atoms with E-state index in [0.29, 0.717) is 71.0 Å². The van der Waals surface area contributed by atoms with Gasteiger partial charge in [-0.25, -0.2) is 0 Å². The quantitative estimate of drug-likeness (QED) is 0.0981. The van der Waals surface area contributed by atoms with Crippen LogP contribution in [-0.4, -0.2) is 0 Å². The Kier molecular flexibility index (Phi) is 17.6. The van der Waals surface area contributed by atoms with Crippen LogP contribution in [-0.2, 0) is 10.8 Å². The first-order valence-electron chi connectivity index (χ1n) is 35.5. The summed E-state index contributed by atoms with van der Waals surface area (Å²) >= 11 is 0. The van der Waals surface area contributed by atoms with Crippen LogP contribution in [0.15, 0.2) is 228 Å². The van der Waals surface area contributed by atoms with Crippen LogP contribution in [0.3, 0.4) is 0 Å². The zero-order valence-corrected chi connectivity index (χ0v) is 57.0. The predicted molar refractivity (Wildman–Crippen MR) is 377 cm³/mol. The topological polar surface area (TPSA) is 0 Å². The largest absolute Gasteiger partial charge is 0.0799 e. The normalized spacial score (nSPS) is 30.7. The molecule has 4 aromatic carbocycles. The van der Waals surface area contributed by atoms with E-state index in [0.717, 1.165) is 11.8 Å². The van der Waals surface area contributed by atoms with Crippen molar-refractivity contribution in [2.24, 2.45) is 105 Å². The van der Waals surface area contributed by atoms with Crippen molar-refractivity contribution in [3.05, 3.63) is 250 Å². The molecule has 0 heteroatoms. The summed E-state index contributed by atoms with van der Waals surface area (Å²) in [6.07, 6.45) is 47.5. The number of allylic oxidation sites excluding steroid dienone is 18. The third kappa shape index (κ3) is 11.7. The third-order valence-corrected chi connectivity index (χ3v) is 24.8. The van der Waals surface area contributed by atoms with Gasteiger partial charge in [0.2, 0.25) is 0 Å². The summed E-state index contributed by atoms with van der Waals surface area (Å²) in [5.74, 6) is 7.34. The first kappa shape index (κ1) is 62.7. The molecule has 0 saturated heterocycles. The molecule has 0 heterocycles. The molecule has 88 heavy (non-hydrogen) atoms. The summed E-state index contributed by atoms with van der Waals surface area (Å²) in [6.45, 7) is 34.1. The lowest BCUT2D eigenvalue weighted by molar-refractivity contribution is 0.153. The lowest BCUT2D eigenvalue weighted by Gasteiger charge is -2.50. The molecule has 4 saturated carbocycles. The fraction of sp³-hybridized carbons (Fsp3) is 0.523. The van der Waals surface area contributed by atoms with Gasteiger partial charge in [0.05, 0.1) is 0 Å². The number of hydrogen-bond donors (Lipinski definition) is 0. The molecule has 4 aromatic rings. The molecule has 0 spiro atoms. The van der Waals surface area contributed by atoms with Crippen LogP contribution in [0.4, 0.5) is 0 Å². The maximum Gasteiger partial charge on any atom is 0.0270 e. The Morgan fingerprint density at radius 1 is 0.330 bits per heavy atom. The molecular formula is C88H112. The molecule has 12 atom stereocenters. The summed E-state index contributed by atoms with van der Waals surface area (Å²) in [5.41, 5.74) is 15.7.